The molecule has 3 rings (SSSR count). The van der Waals surface area contributed by atoms with Crippen LogP contribution in [0.15, 0.2) is 72.0 Å². The van der Waals surface area contributed by atoms with Crippen LogP contribution in [0, 0.1) is 0 Å². The Morgan fingerprint density at radius 2 is 1.81 bits per heavy atom. The van der Waals surface area contributed by atoms with Crippen molar-refractivity contribution in [2.45, 2.75) is 0 Å². The van der Waals surface area contributed by atoms with Gasteiger partial charge in [-0.2, -0.15) is 5.10 Å². The van der Waals surface area contributed by atoms with Gasteiger partial charge in [0.2, 0.25) is 0 Å². The van der Waals surface area contributed by atoms with Crippen LogP contribution < -0.4 is 10.2 Å². The van der Waals surface area contributed by atoms with E-state index in [-0.39, 0.29) is 11.5 Å². The van der Waals surface area contributed by atoms with Crippen LogP contribution in [0.4, 0.5) is 0 Å². The van der Waals surface area contributed by atoms with Gasteiger partial charge < -0.3 is 14.4 Å². The molecule has 0 unspecified atom stereocenters. The summed E-state index contributed by atoms with van der Waals surface area (Å²) in [5.74, 6) is -0.894. The summed E-state index contributed by atoms with van der Waals surface area (Å²) in [6, 6.07) is 17.0. The molecule has 27 heavy (non-hydrogen) atoms. The van der Waals surface area contributed by atoms with Crippen molar-refractivity contribution in [3.8, 4) is 11.4 Å². The maximum Gasteiger partial charge on any atom is 0.335 e. The van der Waals surface area contributed by atoms with Crippen LogP contribution >= 0.6 is 0 Å². The van der Waals surface area contributed by atoms with Crippen molar-refractivity contribution in [1.29, 1.82) is 0 Å². The van der Waals surface area contributed by atoms with E-state index in [1.165, 1.54) is 25.5 Å². The first-order valence-electron chi connectivity index (χ1n) is 8.07. The molecular formula is C20H17N3O4. The molecule has 7 nitrogen and oxygen atoms in total. The Hall–Kier alpha value is -3.87. The molecule has 0 aliphatic heterocycles. The smallest absolute Gasteiger partial charge is 0.335 e. The summed E-state index contributed by atoms with van der Waals surface area (Å²) < 4.78 is 6.99. The van der Waals surface area contributed by atoms with Crippen LogP contribution in [-0.2, 0) is 0 Å². The Balaban J connectivity index is 1.74. The molecule has 1 amide bonds. The molecule has 0 saturated heterocycles. The number of rotatable bonds is 6. The molecule has 0 spiro atoms. The van der Waals surface area contributed by atoms with Gasteiger partial charge in [-0.05, 0) is 48.5 Å². The maximum atomic E-state index is 12.2. The standard InChI is InChI=1S/C20H17N3O4/c1-27-18-7-3-2-6-17(18)19(24)22-21-13-16-5-4-12-23(16)15-10-8-14(9-11-15)20(25)26/h2-13H,1H3,(H,22,24)(H,25,26)/b21-13+. The second kappa shape index (κ2) is 8.01. The number of aromatic nitrogens is 1. The molecule has 7 heteroatoms. The molecule has 3 aromatic rings. The number of aromatic carboxylic acids is 1. The van der Waals surface area contributed by atoms with Crippen LogP contribution in [0.1, 0.15) is 26.4 Å². The Morgan fingerprint density at radius 1 is 1.07 bits per heavy atom. The van der Waals surface area contributed by atoms with Gasteiger partial charge in [-0.25, -0.2) is 10.2 Å². The molecule has 0 bridgehead atoms. The van der Waals surface area contributed by atoms with Crippen molar-refractivity contribution in [1.82, 2.24) is 9.99 Å². The highest BCUT2D eigenvalue weighted by atomic mass is 16.5. The number of carbonyl (C=O) groups excluding carboxylic acids is 1. The highest BCUT2D eigenvalue weighted by molar-refractivity contribution is 5.97. The van der Waals surface area contributed by atoms with Gasteiger partial charge >= 0.3 is 5.97 Å². The average molecular weight is 363 g/mol. The lowest BCUT2D eigenvalue weighted by molar-refractivity contribution is 0.0696. The van der Waals surface area contributed by atoms with E-state index in [0.717, 1.165) is 11.4 Å². The van der Waals surface area contributed by atoms with Crippen molar-refractivity contribution in [2.75, 3.05) is 7.11 Å². The normalized spacial score (nSPS) is 10.7. The monoisotopic (exact) mass is 363 g/mol. The van der Waals surface area contributed by atoms with E-state index in [0.29, 0.717) is 11.3 Å². The molecule has 2 aromatic carbocycles. The van der Waals surface area contributed by atoms with E-state index in [1.54, 1.807) is 36.4 Å². The molecule has 2 N–H and O–H groups in total. The number of nitrogens with one attached hydrogen (secondary N) is 1. The molecule has 136 valence electrons. The molecular weight excluding hydrogens is 346 g/mol. The van der Waals surface area contributed by atoms with E-state index in [9.17, 15) is 9.59 Å². The first kappa shape index (κ1) is 17.9. The van der Waals surface area contributed by atoms with Gasteiger partial charge in [0, 0.05) is 11.9 Å². The lowest BCUT2D eigenvalue weighted by Crippen LogP contribution is -2.18. The Labute approximate surface area is 155 Å². The van der Waals surface area contributed by atoms with E-state index in [4.69, 9.17) is 9.84 Å². The number of benzene rings is 2. The van der Waals surface area contributed by atoms with Gasteiger partial charge in [0.1, 0.15) is 5.75 Å². The minimum absolute atomic E-state index is 0.213. The third-order valence-electron chi connectivity index (χ3n) is 3.89. The summed E-state index contributed by atoms with van der Waals surface area (Å²) in [4.78, 5) is 23.2. The van der Waals surface area contributed by atoms with Crippen molar-refractivity contribution >= 4 is 18.1 Å². The Morgan fingerprint density at radius 3 is 2.52 bits per heavy atom. The van der Waals surface area contributed by atoms with Crippen LogP contribution in [0.3, 0.4) is 0 Å². The Kier molecular flexibility index (Phi) is 5.32. The molecule has 0 saturated carbocycles. The SMILES string of the molecule is COc1ccccc1C(=O)N/N=C/c1cccn1-c1ccc(C(=O)O)cc1. The zero-order valence-corrected chi connectivity index (χ0v) is 14.5. The number of hydrogen-bond acceptors (Lipinski definition) is 4. The Bertz CT molecular complexity index is 990. The van der Waals surface area contributed by atoms with Crippen molar-refractivity contribution < 1.29 is 19.4 Å². The zero-order chi connectivity index (χ0) is 19.2. The summed E-state index contributed by atoms with van der Waals surface area (Å²) in [7, 11) is 1.50. The van der Waals surface area contributed by atoms with Gasteiger partial charge in [-0.3, -0.25) is 4.79 Å². The number of hydrazone groups is 1. The third-order valence-corrected chi connectivity index (χ3v) is 3.89. The lowest BCUT2D eigenvalue weighted by atomic mass is 10.2. The number of amides is 1. The fraction of sp³-hybridized carbons (Fsp3) is 0.0500. The molecule has 0 aliphatic rings. The molecule has 0 atom stereocenters. The predicted octanol–water partition coefficient (Wildman–Crippen LogP) is 2.95. The zero-order valence-electron chi connectivity index (χ0n) is 14.5. The third kappa shape index (κ3) is 4.04. The highest BCUT2D eigenvalue weighted by Crippen LogP contribution is 2.17. The first-order valence-corrected chi connectivity index (χ1v) is 8.07. The number of carbonyl (C=O) groups is 2. The van der Waals surface area contributed by atoms with Crippen molar-refractivity contribution in [2.24, 2.45) is 5.10 Å². The fourth-order valence-electron chi connectivity index (χ4n) is 2.55. The van der Waals surface area contributed by atoms with Crippen LogP contribution in [0.2, 0.25) is 0 Å². The van der Waals surface area contributed by atoms with Gasteiger partial charge in [0.05, 0.1) is 30.1 Å². The number of hydrogen-bond donors (Lipinski definition) is 2. The second-order valence-corrected chi connectivity index (χ2v) is 5.55. The first-order chi connectivity index (χ1) is 13.1. The van der Waals surface area contributed by atoms with E-state index in [1.807, 2.05) is 22.9 Å². The quantitative estimate of drug-likeness (QED) is 0.520. The summed E-state index contributed by atoms with van der Waals surface area (Å²) in [6.07, 6.45) is 3.33. The minimum Gasteiger partial charge on any atom is -0.496 e. The fourth-order valence-corrected chi connectivity index (χ4v) is 2.55. The molecule has 1 heterocycles. The molecule has 1 aromatic heterocycles. The van der Waals surface area contributed by atoms with Crippen molar-refractivity contribution in [3.63, 3.8) is 0 Å². The topological polar surface area (TPSA) is 92.9 Å². The van der Waals surface area contributed by atoms with Crippen LogP contribution in [0.25, 0.3) is 5.69 Å². The number of ether oxygens (including phenoxy) is 1. The number of para-hydroxylation sites is 1. The van der Waals surface area contributed by atoms with Crippen molar-refractivity contribution in [3.05, 3.63) is 83.7 Å². The van der Waals surface area contributed by atoms with E-state index in [2.05, 4.69) is 10.5 Å². The van der Waals surface area contributed by atoms with Gasteiger partial charge in [0.25, 0.3) is 5.91 Å². The molecule has 0 aliphatic carbocycles. The average Bonchev–Trinajstić information content (AvgIpc) is 3.16. The van der Waals surface area contributed by atoms with Gasteiger partial charge in [-0.1, -0.05) is 12.1 Å². The summed E-state index contributed by atoms with van der Waals surface area (Å²) >= 11 is 0. The van der Waals surface area contributed by atoms with Crippen LogP contribution in [-0.4, -0.2) is 34.9 Å². The highest BCUT2D eigenvalue weighted by Gasteiger charge is 2.10. The van der Waals surface area contributed by atoms with Gasteiger partial charge in [0.15, 0.2) is 0 Å². The largest absolute Gasteiger partial charge is 0.496 e. The second-order valence-electron chi connectivity index (χ2n) is 5.55. The summed E-state index contributed by atoms with van der Waals surface area (Å²) in [5, 5.41) is 13.0. The van der Waals surface area contributed by atoms with Crippen LogP contribution in [0.5, 0.6) is 5.75 Å². The predicted molar refractivity (Wildman–Crippen MR) is 101 cm³/mol. The van der Waals surface area contributed by atoms with E-state index >= 15 is 0 Å². The maximum absolute atomic E-state index is 12.2. The number of carboxylic acid groups (broad SMARTS) is 1. The molecule has 0 radical (unpaired) electrons. The van der Waals surface area contributed by atoms with E-state index < -0.39 is 5.97 Å². The summed E-state index contributed by atoms with van der Waals surface area (Å²) in [6.45, 7) is 0. The lowest BCUT2D eigenvalue weighted by Gasteiger charge is -2.07. The minimum atomic E-state index is -0.977. The number of carboxylic acids is 1. The number of methoxy groups -OCH3 is 1. The summed E-state index contributed by atoms with van der Waals surface area (Å²) in [5.41, 5.74) is 4.57. The van der Waals surface area contributed by atoms with Gasteiger partial charge in [-0.15, -0.1) is 0 Å². The number of nitrogens with zero attached hydrogens (tertiary/aromatic N) is 2. The molecule has 0 fully saturated rings.